The van der Waals surface area contributed by atoms with Gasteiger partial charge in [0.1, 0.15) is 0 Å². The molecule has 7 nitrogen and oxygen atoms in total. The van der Waals surface area contributed by atoms with Crippen LogP contribution in [-0.2, 0) is 19.1 Å². The number of azo groups is 1. The molecule has 0 aromatic rings. The van der Waals surface area contributed by atoms with E-state index in [0.29, 0.717) is 11.3 Å². The van der Waals surface area contributed by atoms with Crippen LogP contribution >= 0.6 is 0 Å². The summed E-state index contributed by atoms with van der Waals surface area (Å²) in [7, 11) is 0. The molecule has 0 fully saturated rings. The molecule has 0 amide bonds. The molecule has 0 bridgehead atoms. The van der Waals surface area contributed by atoms with Crippen LogP contribution < -0.4 is 0 Å². The van der Waals surface area contributed by atoms with Gasteiger partial charge in [-0.15, -0.1) is 0 Å². The zero-order valence-corrected chi connectivity index (χ0v) is 12.3. The Morgan fingerprint density at radius 2 is 1.58 bits per heavy atom. The molecule has 0 rings (SSSR count). The predicted molar refractivity (Wildman–Crippen MR) is 67.0 cm³/mol. The lowest BCUT2D eigenvalue weighted by Crippen LogP contribution is -2.42. The minimum atomic E-state index is -1.41. The van der Waals surface area contributed by atoms with E-state index < -0.39 is 23.4 Å². The van der Waals surface area contributed by atoms with E-state index in [2.05, 4.69) is 5.11 Å². The molecule has 0 saturated carbocycles. The molecule has 0 radical (unpaired) electrons. The fourth-order valence-corrected chi connectivity index (χ4v) is 1.33. The average Bonchev–Trinajstić information content (AvgIpc) is 2.26. The van der Waals surface area contributed by atoms with Crippen molar-refractivity contribution < 1.29 is 23.9 Å². The molecule has 19 heavy (non-hydrogen) atoms. The van der Waals surface area contributed by atoms with Crippen molar-refractivity contribution in [2.75, 3.05) is 0 Å². The Balaban J connectivity index is 5.31. The van der Waals surface area contributed by atoms with E-state index in [9.17, 15) is 14.8 Å². The van der Waals surface area contributed by atoms with Crippen molar-refractivity contribution in [1.29, 1.82) is 0 Å². The Hall–Kier alpha value is -1.66. The van der Waals surface area contributed by atoms with Crippen LogP contribution in [0, 0.1) is 5.21 Å². The van der Waals surface area contributed by atoms with Crippen molar-refractivity contribution in [3.05, 3.63) is 5.21 Å². The summed E-state index contributed by atoms with van der Waals surface area (Å²) < 4.78 is 10.00. The molecule has 0 aliphatic heterocycles. The van der Waals surface area contributed by atoms with E-state index in [1.165, 1.54) is 27.7 Å². The van der Waals surface area contributed by atoms with Crippen LogP contribution in [0.25, 0.3) is 0 Å². The molecule has 2 unspecified atom stereocenters. The van der Waals surface area contributed by atoms with Gasteiger partial charge in [0.25, 0.3) is 5.72 Å². The molecular formula is C12H22N2O5. The number of hydrogen-bond donors (Lipinski definition) is 0. The summed E-state index contributed by atoms with van der Waals surface area (Å²) >= 11 is 0. The van der Waals surface area contributed by atoms with Crippen LogP contribution in [-0.4, -0.2) is 28.2 Å². The van der Waals surface area contributed by atoms with Gasteiger partial charge in [0, 0.05) is 39.2 Å². The molecule has 0 heterocycles. The Kier molecular flexibility index (Phi) is 5.92. The largest absolute Gasteiger partial charge is 0.597 e. The lowest BCUT2D eigenvalue weighted by atomic mass is 10.2. The van der Waals surface area contributed by atoms with Crippen molar-refractivity contribution >= 4 is 11.9 Å². The van der Waals surface area contributed by atoms with Crippen LogP contribution in [0.15, 0.2) is 5.11 Å². The third kappa shape index (κ3) is 5.23. The third-order valence-electron chi connectivity index (χ3n) is 2.75. The quantitative estimate of drug-likeness (QED) is 0.244. The van der Waals surface area contributed by atoms with Gasteiger partial charge in [-0.2, -0.15) is 0 Å². The summed E-state index contributed by atoms with van der Waals surface area (Å²) in [5.41, 5.74) is -2.69. The summed E-state index contributed by atoms with van der Waals surface area (Å²) in [4.78, 5) is 22.3. The summed E-state index contributed by atoms with van der Waals surface area (Å²) in [5.74, 6) is -1.11. The van der Waals surface area contributed by atoms with Crippen LogP contribution in [0.4, 0.5) is 0 Å². The monoisotopic (exact) mass is 274 g/mol. The molecule has 0 saturated heterocycles. The first kappa shape index (κ1) is 17.3. The number of carbonyl (C=O) groups is 2. The molecule has 0 spiro atoms. The van der Waals surface area contributed by atoms with E-state index in [0.717, 1.165) is 0 Å². The average molecular weight is 274 g/mol. The fraction of sp³-hybridized carbons (Fsp3) is 0.833. The molecule has 0 aliphatic carbocycles. The van der Waals surface area contributed by atoms with Crippen molar-refractivity contribution in [2.24, 2.45) is 5.11 Å². The van der Waals surface area contributed by atoms with Crippen LogP contribution in [0.5, 0.6) is 0 Å². The number of carbonyl (C=O) groups excluding carboxylic acids is 2. The number of nitrogens with zero attached hydrogens (tertiary/aromatic N) is 2. The van der Waals surface area contributed by atoms with Crippen LogP contribution in [0.3, 0.4) is 0 Å². The first-order valence-electron chi connectivity index (χ1n) is 6.18. The van der Waals surface area contributed by atoms with E-state index >= 15 is 0 Å². The van der Waals surface area contributed by atoms with Crippen LogP contribution in [0.2, 0.25) is 0 Å². The minimum absolute atomic E-state index is 0.249. The second-order valence-electron chi connectivity index (χ2n) is 4.62. The molecule has 0 aromatic heterocycles. The molecule has 110 valence electrons. The maximum Gasteiger partial charge on any atom is 0.340 e. The Morgan fingerprint density at radius 3 is 1.89 bits per heavy atom. The SMILES string of the molecule is CCC(C)(N=[N+]([O-])C(C)(CC)OC(C)=O)OC(C)=O. The number of rotatable bonds is 6. The highest BCUT2D eigenvalue weighted by Gasteiger charge is 2.40. The van der Waals surface area contributed by atoms with Crippen LogP contribution in [0.1, 0.15) is 54.4 Å². The number of ether oxygens (including phenoxy) is 2. The summed E-state index contributed by atoms with van der Waals surface area (Å²) in [5, 5.41) is 15.9. The summed E-state index contributed by atoms with van der Waals surface area (Å²) in [6.45, 7) is 8.85. The van der Waals surface area contributed by atoms with Gasteiger partial charge < -0.3 is 14.7 Å². The van der Waals surface area contributed by atoms with Crippen molar-refractivity contribution in [2.45, 2.75) is 65.8 Å². The highest BCUT2D eigenvalue weighted by Crippen LogP contribution is 2.23. The lowest BCUT2D eigenvalue weighted by Gasteiger charge is -2.27. The van der Waals surface area contributed by atoms with Gasteiger partial charge in [-0.05, 0) is 4.86 Å². The maximum atomic E-state index is 12.1. The van der Waals surface area contributed by atoms with Gasteiger partial charge >= 0.3 is 17.7 Å². The fourth-order valence-electron chi connectivity index (χ4n) is 1.33. The summed E-state index contributed by atoms with van der Waals surface area (Å²) in [6.07, 6.45) is 0.574. The van der Waals surface area contributed by atoms with Crippen molar-refractivity contribution in [3.63, 3.8) is 0 Å². The first-order valence-corrected chi connectivity index (χ1v) is 6.18. The highest BCUT2D eigenvalue weighted by atomic mass is 16.6. The normalized spacial score (nSPS) is 18.1. The van der Waals surface area contributed by atoms with Gasteiger partial charge in [0.15, 0.2) is 0 Å². The molecular weight excluding hydrogens is 252 g/mol. The van der Waals surface area contributed by atoms with Crippen molar-refractivity contribution in [1.82, 2.24) is 0 Å². The molecule has 0 aromatic carbocycles. The van der Waals surface area contributed by atoms with Gasteiger partial charge in [-0.1, -0.05) is 13.8 Å². The van der Waals surface area contributed by atoms with E-state index in [4.69, 9.17) is 9.47 Å². The Labute approximate surface area is 113 Å². The first-order chi connectivity index (χ1) is 8.58. The van der Waals surface area contributed by atoms with Gasteiger partial charge in [-0.25, -0.2) is 0 Å². The Morgan fingerprint density at radius 1 is 1.11 bits per heavy atom. The highest BCUT2D eigenvalue weighted by molar-refractivity contribution is 5.66. The maximum absolute atomic E-state index is 12.1. The minimum Gasteiger partial charge on any atom is -0.597 e. The van der Waals surface area contributed by atoms with Gasteiger partial charge in [0.05, 0.1) is 6.42 Å². The second-order valence-corrected chi connectivity index (χ2v) is 4.62. The molecule has 0 aliphatic rings. The molecule has 0 N–H and O–H groups in total. The second kappa shape index (κ2) is 6.49. The van der Waals surface area contributed by atoms with E-state index in [1.807, 2.05) is 0 Å². The number of hydroxylamine groups is 1. The molecule has 2 atom stereocenters. The topological polar surface area (TPSA) is 91.0 Å². The van der Waals surface area contributed by atoms with E-state index in [1.54, 1.807) is 13.8 Å². The van der Waals surface area contributed by atoms with Gasteiger partial charge in [0.2, 0.25) is 0 Å². The zero-order valence-electron chi connectivity index (χ0n) is 12.3. The summed E-state index contributed by atoms with van der Waals surface area (Å²) in [6, 6.07) is 0. The molecule has 7 heteroatoms. The van der Waals surface area contributed by atoms with Gasteiger partial charge in [-0.3, -0.25) is 9.59 Å². The number of hydrogen-bond acceptors (Lipinski definition) is 6. The predicted octanol–water partition coefficient (Wildman–Crippen LogP) is 2.33. The lowest BCUT2D eigenvalue weighted by molar-refractivity contribution is -0.661. The van der Waals surface area contributed by atoms with Crippen molar-refractivity contribution in [3.8, 4) is 0 Å². The third-order valence-corrected chi connectivity index (χ3v) is 2.75. The Bertz CT molecular complexity index is 382. The zero-order chi connectivity index (χ0) is 15.3. The number of esters is 2. The smallest absolute Gasteiger partial charge is 0.340 e. The standard InChI is InChI=1S/C12H22N2O5/c1-7-11(5,18-9(3)15)13-14(17)12(6,8-2)19-10(4)16/h7-8H2,1-6H3. The van der Waals surface area contributed by atoms with E-state index in [-0.39, 0.29) is 6.42 Å².